The molecule has 1 aromatic carbocycles. The van der Waals surface area contributed by atoms with Gasteiger partial charge in [-0.1, -0.05) is 26.0 Å². The Morgan fingerprint density at radius 1 is 1.21 bits per heavy atom. The maximum atomic E-state index is 11.5. The van der Waals surface area contributed by atoms with Gasteiger partial charge in [0.1, 0.15) is 0 Å². The van der Waals surface area contributed by atoms with Gasteiger partial charge in [0.05, 0.1) is 22.4 Å². The second-order valence-corrected chi connectivity index (χ2v) is 7.60. The number of aromatic nitrogens is 2. The standard InChI is InChI=1S/C17H23BN2O4/c1-10(2)14-12-8-7-11(9-13(12)20(19-14)15(21)22)18-23-16(3,4)17(5,6)24-18/h7-10H,1-6H3,(H,21,22). The van der Waals surface area contributed by atoms with Crippen LogP contribution < -0.4 is 5.46 Å². The monoisotopic (exact) mass is 330 g/mol. The van der Waals surface area contributed by atoms with Gasteiger partial charge in [-0.2, -0.15) is 9.78 Å². The summed E-state index contributed by atoms with van der Waals surface area (Å²) in [6.45, 7) is 12.0. The van der Waals surface area contributed by atoms with Gasteiger partial charge < -0.3 is 14.4 Å². The molecule has 3 rings (SSSR count). The van der Waals surface area contributed by atoms with Gasteiger partial charge >= 0.3 is 13.2 Å². The molecule has 0 atom stereocenters. The molecule has 0 aliphatic carbocycles. The summed E-state index contributed by atoms with van der Waals surface area (Å²) in [6, 6.07) is 5.62. The SMILES string of the molecule is CC(C)c1nn(C(=O)O)c2cc(B3OC(C)(C)C(C)(C)O3)ccc12. The number of fused-ring (bicyclic) bond motifs is 1. The third-order valence-corrected chi connectivity index (χ3v) is 4.99. The Labute approximate surface area is 141 Å². The Bertz CT molecular complexity index is 794. The summed E-state index contributed by atoms with van der Waals surface area (Å²) in [5, 5.41) is 14.5. The first-order valence-electron chi connectivity index (χ1n) is 8.15. The summed E-state index contributed by atoms with van der Waals surface area (Å²) >= 11 is 0. The topological polar surface area (TPSA) is 73.6 Å². The quantitative estimate of drug-likeness (QED) is 0.857. The second kappa shape index (κ2) is 5.32. The van der Waals surface area contributed by atoms with Crippen LogP contribution >= 0.6 is 0 Å². The zero-order chi connectivity index (χ0) is 17.9. The third kappa shape index (κ3) is 2.52. The van der Waals surface area contributed by atoms with E-state index in [-0.39, 0.29) is 5.92 Å². The van der Waals surface area contributed by atoms with Crippen molar-refractivity contribution in [2.45, 2.75) is 58.7 Å². The van der Waals surface area contributed by atoms with Crippen molar-refractivity contribution in [2.24, 2.45) is 0 Å². The highest BCUT2D eigenvalue weighted by Gasteiger charge is 2.51. The maximum absolute atomic E-state index is 11.5. The van der Waals surface area contributed by atoms with E-state index in [1.165, 1.54) is 0 Å². The molecule has 1 N–H and O–H groups in total. The molecule has 1 aliphatic rings. The van der Waals surface area contributed by atoms with Crippen LogP contribution in [-0.4, -0.2) is 39.3 Å². The average Bonchev–Trinajstić information content (AvgIpc) is 2.93. The van der Waals surface area contributed by atoms with Crippen LogP contribution in [0.1, 0.15) is 53.2 Å². The van der Waals surface area contributed by atoms with Crippen LogP contribution in [0.5, 0.6) is 0 Å². The summed E-state index contributed by atoms with van der Waals surface area (Å²) in [7, 11) is -0.529. The number of rotatable bonds is 2. The van der Waals surface area contributed by atoms with E-state index in [9.17, 15) is 9.90 Å². The van der Waals surface area contributed by atoms with Gasteiger partial charge in [0.25, 0.3) is 0 Å². The molecule has 0 amide bonds. The second-order valence-electron chi connectivity index (χ2n) is 7.60. The number of hydrogen-bond acceptors (Lipinski definition) is 4. The first-order chi connectivity index (χ1) is 11.0. The molecular weight excluding hydrogens is 307 g/mol. The van der Waals surface area contributed by atoms with Crippen molar-refractivity contribution in [1.82, 2.24) is 9.78 Å². The summed E-state index contributed by atoms with van der Waals surface area (Å²) in [4.78, 5) is 11.5. The fourth-order valence-electron chi connectivity index (χ4n) is 2.85. The van der Waals surface area contributed by atoms with Gasteiger partial charge in [-0.3, -0.25) is 0 Å². The fourth-order valence-corrected chi connectivity index (χ4v) is 2.85. The molecule has 128 valence electrons. The first-order valence-corrected chi connectivity index (χ1v) is 8.15. The predicted molar refractivity (Wildman–Crippen MR) is 93.0 cm³/mol. The summed E-state index contributed by atoms with van der Waals surface area (Å²) in [5.74, 6) is 0.135. The number of carboxylic acid groups (broad SMARTS) is 1. The Morgan fingerprint density at radius 3 is 2.29 bits per heavy atom. The molecule has 6 nitrogen and oxygen atoms in total. The average molecular weight is 330 g/mol. The highest BCUT2D eigenvalue weighted by atomic mass is 16.7. The lowest BCUT2D eigenvalue weighted by Gasteiger charge is -2.32. The van der Waals surface area contributed by atoms with Gasteiger partial charge in [-0.15, -0.1) is 0 Å². The zero-order valence-electron chi connectivity index (χ0n) is 15.0. The summed E-state index contributed by atoms with van der Waals surface area (Å²) in [5.41, 5.74) is 1.23. The molecule has 0 bridgehead atoms. The van der Waals surface area contributed by atoms with Crippen molar-refractivity contribution in [3.63, 3.8) is 0 Å². The highest BCUT2D eigenvalue weighted by Crippen LogP contribution is 2.36. The van der Waals surface area contributed by atoms with Crippen molar-refractivity contribution in [3.05, 3.63) is 23.9 Å². The van der Waals surface area contributed by atoms with Gasteiger partial charge in [-0.05, 0) is 45.1 Å². The molecular formula is C17H23BN2O4. The lowest BCUT2D eigenvalue weighted by Crippen LogP contribution is -2.41. The summed E-state index contributed by atoms with van der Waals surface area (Å²) in [6.07, 6.45) is -1.10. The molecule has 1 aliphatic heterocycles. The van der Waals surface area contributed by atoms with Crippen LogP contribution in [0.3, 0.4) is 0 Å². The van der Waals surface area contributed by atoms with E-state index < -0.39 is 24.4 Å². The molecule has 24 heavy (non-hydrogen) atoms. The Hall–Kier alpha value is -1.86. The van der Waals surface area contributed by atoms with E-state index in [1.807, 2.05) is 53.7 Å². The van der Waals surface area contributed by atoms with E-state index in [2.05, 4.69) is 5.10 Å². The predicted octanol–water partition coefficient (Wildman–Crippen LogP) is 2.99. The van der Waals surface area contributed by atoms with Crippen LogP contribution in [0, 0.1) is 0 Å². The van der Waals surface area contributed by atoms with Crippen molar-refractivity contribution < 1.29 is 19.2 Å². The minimum absolute atomic E-state index is 0.135. The largest absolute Gasteiger partial charge is 0.494 e. The lowest BCUT2D eigenvalue weighted by molar-refractivity contribution is 0.00578. The molecule has 1 fully saturated rings. The van der Waals surface area contributed by atoms with Crippen LogP contribution in [0.4, 0.5) is 4.79 Å². The molecule has 0 saturated carbocycles. The van der Waals surface area contributed by atoms with Gasteiger partial charge in [0.2, 0.25) is 0 Å². The van der Waals surface area contributed by atoms with Crippen LogP contribution in [0.2, 0.25) is 0 Å². The molecule has 0 radical (unpaired) electrons. The van der Waals surface area contributed by atoms with Crippen molar-refractivity contribution >= 4 is 29.6 Å². The van der Waals surface area contributed by atoms with E-state index >= 15 is 0 Å². The minimum Gasteiger partial charge on any atom is -0.463 e. The fraction of sp³-hybridized carbons (Fsp3) is 0.529. The van der Waals surface area contributed by atoms with Gasteiger partial charge in [-0.25, -0.2) is 4.79 Å². The molecule has 2 heterocycles. The maximum Gasteiger partial charge on any atom is 0.494 e. The highest BCUT2D eigenvalue weighted by molar-refractivity contribution is 6.62. The Kier molecular flexibility index (Phi) is 3.77. The van der Waals surface area contributed by atoms with E-state index in [1.54, 1.807) is 6.07 Å². The van der Waals surface area contributed by atoms with Crippen molar-refractivity contribution in [1.29, 1.82) is 0 Å². The van der Waals surface area contributed by atoms with Crippen LogP contribution in [0.15, 0.2) is 18.2 Å². The van der Waals surface area contributed by atoms with E-state index in [0.29, 0.717) is 5.52 Å². The first kappa shape index (κ1) is 17.0. The molecule has 0 spiro atoms. The molecule has 7 heteroatoms. The minimum atomic E-state index is -1.10. The molecule has 1 aromatic heterocycles. The van der Waals surface area contributed by atoms with Gasteiger partial charge in [0.15, 0.2) is 0 Å². The third-order valence-electron chi connectivity index (χ3n) is 4.99. The molecule has 0 unspecified atom stereocenters. The normalized spacial score (nSPS) is 19.4. The lowest BCUT2D eigenvalue weighted by atomic mass is 9.78. The molecule has 1 saturated heterocycles. The van der Waals surface area contributed by atoms with Crippen molar-refractivity contribution in [2.75, 3.05) is 0 Å². The number of benzene rings is 1. The Balaban J connectivity index is 2.09. The smallest absolute Gasteiger partial charge is 0.463 e. The Morgan fingerprint density at radius 2 is 1.79 bits per heavy atom. The number of carbonyl (C=O) groups is 1. The summed E-state index contributed by atoms with van der Waals surface area (Å²) < 4.78 is 13.1. The van der Waals surface area contributed by atoms with Crippen LogP contribution in [-0.2, 0) is 9.31 Å². The number of hydrogen-bond donors (Lipinski definition) is 1. The number of nitrogens with zero attached hydrogens (tertiary/aromatic N) is 2. The van der Waals surface area contributed by atoms with Crippen molar-refractivity contribution in [3.8, 4) is 0 Å². The van der Waals surface area contributed by atoms with Gasteiger partial charge in [0, 0.05) is 5.39 Å². The molecule has 2 aromatic rings. The van der Waals surface area contributed by atoms with E-state index in [4.69, 9.17) is 9.31 Å². The zero-order valence-corrected chi connectivity index (χ0v) is 15.0. The van der Waals surface area contributed by atoms with E-state index in [0.717, 1.165) is 21.2 Å². The van der Waals surface area contributed by atoms with Crippen LogP contribution in [0.25, 0.3) is 10.9 Å².